The van der Waals surface area contributed by atoms with Gasteiger partial charge in [0.15, 0.2) is 0 Å². The lowest BCUT2D eigenvalue weighted by molar-refractivity contribution is 0.0801. The van der Waals surface area contributed by atoms with E-state index in [1.165, 1.54) is 11.9 Å². The van der Waals surface area contributed by atoms with E-state index >= 15 is 0 Å². The van der Waals surface area contributed by atoms with Crippen LogP contribution >= 0.6 is 19.2 Å². The lowest BCUT2D eigenvalue weighted by Crippen LogP contribution is -2.29. The van der Waals surface area contributed by atoms with Gasteiger partial charge in [-0.1, -0.05) is 23.7 Å². The van der Waals surface area contributed by atoms with Gasteiger partial charge in [0, 0.05) is 7.05 Å². The summed E-state index contributed by atoms with van der Waals surface area (Å²) in [6.45, 7) is 3.96. The summed E-state index contributed by atoms with van der Waals surface area (Å²) in [5.41, 5.74) is 0.358. The fourth-order valence-corrected chi connectivity index (χ4v) is 3.57. The second-order valence-corrected chi connectivity index (χ2v) is 6.50. The molecule has 0 radical (unpaired) electrons. The van der Waals surface area contributed by atoms with E-state index in [9.17, 15) is 9.36 Å². The third kappa shape index (κ3) is 4.60. The summed E-state index contributed by atoms with van der Waals surface area (Å²) in [6, 6.07) is 6.71. The van der Waals surface area contributed by atoms with Gasteiger partial charge in [0.05, 0.1) is 23.8 Å². The van der Waals surface area contributed by atoms with E-state index in [-0.39, 0.29) is 25.4 Å². The van der Waals surface area contributed by atoms with Crippen molar-refractivity contribution >= 4 is 25.1 Å². The third-order valence-corrected chi connectivity index (χ3v) is 4.89. The third-order valence-electron chi connectivity index (χ3n) is 2.49. The van der Waals surface area contributed by atoms with Crippen LogP contribution in [0.1, 0.15) is 24.2 Å². The van der Waals surface area contributed by atoms with E-state index in [2.05, 4.69) is 0 Å². The van der Waals surface area contributed by atoms with Crippen LogP contribution in [0.25, 0.3) is 0 Å². The molecule has 1 amide bonds. The van der Waals surface area contributed by atoms with Gasteiger partial charge in [-0.25, -0.2) is 0 Å². The number of hydrogen-bond acceptors (Lipinski definition) is 4. The Balaban J connectivity index is 2.84. The summed E-state index contributed by atoms with van der Waals surface area (Å²) >= 11 is 5.98. The van der Waals surface area contributed by atoms with Gasteiger partial charge in [0.1, 0.15) is 6.29 Å². The molecule has 0 aromatic heterocycles. The predicted molar refractivity (Wildman–Crippen MR) is 79.3 cm³/mol. The molecule has 1 aromatic rings. The Morgan fingerprint density at radius 1 is 1.25 bits per heavy atom. The Morgan fingerprint density at radius 3 is 2.30 bits per heavy atom. The average Bonchev–Trinajstić information content (AvgIpc) is 2.38. The minimum atomic E-state index is -3.30. The SMILES string of the molecule is CCOP(=O)(CN(C)C(=O)c1ccccc1Cl)OCC. The van der Waals surface area contributed by atoms with Crippen molar-refractivity contribution < 1.29 is 18.4 Å². The Morgan fingerprint density at radius 2 is 1.80 bits per heavy atom. The summed E-state index contributed by atoms with van der Waals surface area (Å²) in [6.07, 6.45) is -0.112. The molecular formula is C13H19ClNO4P. The second kappa shape index (κ2) is 7.79. The van der Waals surface area contributed by atoms with Crippen LogP contribution in [0.2, 0.25) is 5.02 Å². The monoisotopic (exact) mass is 319 g/mol. The molecule has 1 rings (SSSR count). The lowest BCUT2D eigenvalue weighted by atomic mass is 10.2. The first-order valence-electron chi connectivity index (χ1n) is 6.31. The summed E-state index contributed by atoms with van der Waals surface area (Å²) in [7, 11) is -1.76. The van der Waals surface area contributed by atoms with E-state index in [4.69, 9.17) is 20.6 Å². The second-order valence-electron chi connectivity index (χ2n) is 4.07. The van der Waals surface area contributed by atoms with Gasteiger partial charge in [0.2, 0.25) is 0 Å². The van der Waals surface area contributed by atoms with Crippen LogP contribution in [-0.2, 0) is 13.6 Å². The Kier molecular flexibility index (Phi) is 6.69. The van der Waals surface area contributed by atoms with E-state index in [0.29, 0.717) is 10.6 Å². The fourth-order valence-electron chi connectivity index (χ4n) is 1.68. The molecule has 0 atom stereocenters. The molecule has 0 bridgehead atoms. The maximum absolute atomic E-state index is 12.4. The van der Waals surface area contributed by atoms with Gasteiger partial charge in [0.25, 0.3) is 5.91 Å². The van der Waals surface area contributed by atoms with Crippen molar-refractivity contribution in [2.45, 2.75) is 13.8 Å². The molecule has 7 heteroatoms. The number of hydrogen-bond donors (Lipinski definition) is 0. The van der Waals surface area contributed by atoms with Crippen molar-refractivity contribution in [3.05, 3.63) is 34.9 Å². The smallest absolute Gasteiger partial charge is 0.330 e. The van der Waals surface area contributed by atoms with Gasteiger partial charge in [-0.2, -0.15) is 0 Å². The zero-order valence-electron chi connectivity index (χ0n) is 11.8. The Bertz CT molecular complexity index is 499. The number of halogens is 1. The normalized spacial score (nSPS) is 11.4. The van der Waals surface area contributed by atoms with Gasteiger partial charge < -0.3 is 13.9 Å². The van der Waals surface area contributed by atoms with Crippen LogP contribution in [0.5, 0.6) is 0 Å². The quantitative estimate of drug-likeness (QED) is 0.720. The molecule has 0 aliphatic rings. The first kappa shape index (κ1) is 17.2. The molecule has 0 spiro atoms. The van der Waals surface area contributed by atoms with Gasteiger partial charge in [-0.15, -0.1) is 0 Å². The first-order chi connectivity index (χ1) is 9.43. The highest BCUT2D eigenvalue weighted by Gasteiger charge is 2.28. The average molecular weight is 320 g/mol. The van der Waals surface area contributed by atoms with Crippen LogP contribution in [0.15, 0.2) is 24.3 Å². The zero-order valence-corrected chi connectivity index (χ0v) is 13.5. The Hall–Kier alpha value is -0.870. The number of carbonyl (C=O) groups excluding carboxylic acids is 1. The lowest BCUT2D eigenvalue weighted by Gasteiger charge is -2.23. The molecular weight excluding hydrogens is 301 g/mol. The molecule has 0 saturated carbocycles. The van der Waals surface area contributed by atoms with E-state index in [1.54, 1.807) is 38.1 Å². The largest absolute Gasteiger partial charge is 0.349 e. The maximum atomic E-state index is 12.4. The molecule has 5 nitrogen and oxygen atoms in total. The molecule has 0 heterocycles. The minimum Gasteiger partial charge on any atom is -0.330 e. The van der Waals surface area contributed by atoms with Crippen molar-refractivity contribution in [3.8, 4) is 0 Å². The van der Waals surface area contributed by atoms with Gasteiger partial charge >= 0.3 is 7.60 Å². The highest BCUT2D eigenvalue weighted by molar-refractivity contribution is 7.53. The minimum absolute atomic E-state index is 0.112. The van der Waals surface area contributed by atoms with Crippen molar-refractivity contribution in [3.63, 3.8) is 0 Å². The molecule has 0 aliphatic heterocycles. The van der Waals surface area contributed by atoms with E-state index < -0.39 is 7.60 Å². The van der Waals surface area contributed by atoms with Crippen molar-refractivity contribution in [2.24, 2.45) is 0 Å². The highest BCUT2D eigenvalue weighted by atomic mass is 35.5. The molecule has 0 unspecified atom stereocenters. The molecule has 0 fully saturated rings. The molecule has 0 N–H and O–H groups in total. The predicted octanol–water partition coefficient (Wildman–Crippen LogP) is 3.64. The van der Waals surface area contributed by atoms with Crippen LogP contribution < -0.4 is 0 Å². The van der Waals surface area contributed by atoms with Crippen LogP contribution in [-0.4, -0.2) is 37.4 Å². The Labute approximate surface area is 124 Å². The topological polar surface area (TPSA) is 55.8 Å². The fraction of sp³-hybridized carbons (Fsp3) is 0.462. The van der Waals surface area contributed by atoms with Crippen LogP contribution in [0, 0.1) is 0 Å². The van der Waals surface area contributed by atoms with Crippen LogP contribution in [0.3, 0.4) is 0 Å². The number of rotatable bonds is 7. The maximum Gasteiger partial charge on any atom is 0.349 e. The molecule has 112 valence electrons. The summed E-state index contributed by atoms with van der Waals surface area (Å²) < 4.78 is 22.7. The molecule has 1 aromatic carbocycles. The van der Waals surface area contributed by atoms with Gasteiger partial charge in [-0.05, 0) is 26.0 Å². The van der Waals surface area contributed by atoms with Crippen molar-refractivity contribution in [1.29, 1.82) is 0 Å². The van der Waals surface area contributed by atoms with E-state index in [0.717, 1.165) is 0 Å². The number of carbonyl (C=O) groups is 1. The van der Waals surface area contributed by atoms with E-state index in [1.807, 2.05) is 0 Å². The summed E-state index contributed by atoms with van der Waals surface area (Å²) in [4.78, 5) is 13.6. The van der Waals surface area contributed by atoms with Crippen molar-refractivity contribution in [1.82, 2.24) is 4.90 Å². The number of amides is 1. The first-order valence-corrected chi connectivity index (χ1v) is 8.42. The zero-order chi connectivity index (χ0) is 15.2. The van der Waals surface area contributed by atoms with Crippen LogP contribution in [0.4, 0.5) is 0 Å². The number of nitrogens with zero attached hydrogens (tertiary/aromatic N) is 1. The van der Waals surface area contributed by atoms with Gasteiger partial charge in [-0.3, -0.25) is 9.36 Å². The highest BCUT2D eigenvalue weighted by Crippen LogP contribution is 2.48. The molecule has 0 saturated heterocycles. The molecule has 20 heavy (non-hydrogen) atoms. The summed E-state index contributed by atoms with van der Waals surface area (Å²) in [5, 5.41) is 0.354. The number of benzene rings is 1. The van der Waals surface area contributed by atoms with Crippen molar-refractivity contribution in [2.75, 3.05) is 26.5 Å². The standard InChI is InChI=1S/C13H19ClNO4P/c1-4-18-20(17,19-5-2)10-15(3)13(16)11-8-6-7-9-12(11)14/h6-9H,4-5,10H2,1-3H3. The summed E-state index contributed by atoms with van der Waals surface area (Å²) in [5.74, 6) is -0.324. The molecule has 0 aliphatic carbocycles.